The molecule has 0 amide bonds. The SMILES string of the molecule is O=[N+]([O-])c1ccc(CCN2CCN(C(S)S)CC2)cc1. The van der Waals surface area contributed by atoms with E-state index in [1.54, 1.807) is 12.1 Å². The van der Waals surface area contributed by atoms with Crippen LogP contribution in [0.2, 0.25) is 0 Å². The van der Waals surface area contributed by atoms with E-state index >= 15 is 0 Å². The first kappa shape index (κ1) is 15.6. The van der Waals surface area contributed by atoms with Crippen molar-refractivity contribution in [3.63, 3.8) is 0 Å². The maximum atomic E-state index is 10.6. The van der Waals surface area contributed by atoms with Gasteiger partial charge in [-0.05, 0) is 12.0 Å². The standard InChI is InChI=1S/C13H19N3O2S2/c17-16(18)12-3-1-11(2-4-12)5-6-14-7-9-15(10-8-14)13(19)20/h1-4,13,19-20H,5-10H2. The minimum atomic E-state index is -0.367. The van der Waals surface area contributed by atoms with Crippen LogP contribution in [0.25, 0.3) is 0 Å². The highest BCUT2D eigenvalue weighted by molar-refractivity contribution is 7.99. The van der Waals surface area contributed by atoms with Gasteiger partial charge in [0.2, 0.25) is 0 Å². The van der Waals surface area contributed by atoms with Gasteiger partial charge in [-0.3, -0.25) is 15.0 Å². The molecule has 0 bridgehead atoms. The Bertz CT molecular complexity index is 445. The van der Waals surface area contributed by atoms with Crippen LogP contribution in [0.15, 0.2) is 24.3 Å². The zero-order chi connectivity index (χ0) is 14.5. The number of nitrogens with zero attached hydrogens (tertiary/aromatic N) is 3. The molecule has 2 rings (SSSR count). The molecule has 0 radical (unpaired) electrons. The fourth-order valence-electron chi connectivity index (χ4n) is 2.29. The number of piperazine rings is 1. The summed E-state index contributed by atoms with van der Waals surface area (Å²) in [5.41, 5.74) is 1.29. The average Bonchev–Trinajstić information content (AvgIpc) is 2.46. The summed E-state index contributed by atoms with van der Waals surface area (Å²) >= 11 is 8.65. The summed E-state index contributed by atoms with van der Waals surface area (Å²) in [5.74, 6) is 0. The molecule has 1 aromatic carbocycles. The van der Waals surface area contributed by atoms with Gasteiger partial charge < -0.3 is 4.90 Å². The van der Waals surface area contributed by atoms with Crippen LogP contribution in [-0.4, -0.2) is 52.2 Å². The second kappa shape index (κ2) is 7.31. The summed E-state index contributed by atoms with van der Waals surface area (Å²) in [7, 11) is 0. The molecule has 1 heterocycles. The van der Waals surface area contributed by atoms with Crippen molar-refractivity contribution in [1.29, 1.82) is 0 Å². The van der Waals surface area contributed by atoms with Crippen molar-refractivity contribution in [2.24, 2.45) is 0 Å². The molecule has 0 N–H and O–H groups in total. The second-order valence-corrected chi connectivity index (χ2v) is 6.28. The summed E-state index contributed by atoms with van der Waals surface area (Å²) in [6, 6.07) is 6.82. The van der Waals surface area contributed by atoms with Gasteiger partial charge in [0, 0.05) is 44.9 Å². The van der Waals surface area contributed by atoms with Crippen LogP contribution >= 0.6 is 25.3 Å². The van der Waals surface area contributed by atoms with Crippen LogP contribution in [0.3, 0.4) is 0 Å². The largest absolute Gasteiger partial charge is 0.300 e. The molecule has 5 nitrogen and oxygen atoms in total. The number of hydrogen-bond donors (Lipinski definition) is 2. The Morgan fingerprint density at radius 1 is 1.15 bits per heavy atom. The lowest BCUT2D eigenvalue weighted by atomic mass is 10.1. The molecular formula is C13H19N3O2S2. The first-order valence-electron chi connectivity index (χ1n) is 6.62. The molecule has 0 atom stereocenters. The first-order chi connectivity index (χ1) is 9.56. The Morgan fingerprint density at radius 3 is 2.25 bits per heavy atom. The normalized spacial score (nSPS) is 17.6. The number of non-ortho nitro benzene ring substituents is 1. The van der Waals surface area contributed by atoms with Gasteiger partial charge in [0.1, 0.15) is 0 Å². The zero-order valence-electron chi connectivity index (χ0n) is 11.2. The predicted molar refractivity (Wildman–Crippen MR) is 86.6 cm³/mol. The second-order valence-electron chi connectivity index (χ2n) is 4.90. The van der Waals surface area contributed by atoms with Gasteiger partial charge in [-0.15, -0.1) is 25.3 Å². The fraction of sp³-hybridized carbons (Fsp3) is 0.538. The minimum Gasteiger partial charge on any atom is -0.300 e. The first-order valence-corrected chi connectivity index (χ1v) is 7.65. The van der Waals surface area contributed by atoms with Crippen molar-refractivity contribution in [2.75, 3.05) is 32.7 Å². The van der Waals surface area contributed by atoms with Gasteiger partial charge in [-0.25, -0.2) is 0 Å². The Kier molecular flexibility index (Phi) is 5.71. The van der Waals surface area contributed by atoms with Crippen molar-refractivity contribution in [2.45, 2.75) is 11.1 Å². The molecule has 20 heavy (non-hydrogen) atoms. The Morgan fingerprint density at radius 2 is 1.75 bits per heavy atom. The lowest BCUT2D eigenvalue weighted by molar-refractivity contribution is -0.384. The summed E-state index contributed by atoms with van der Waals surface area (Å²) in [6.45, 7) is 4.99. The monoisotopic (exact) mass is 313 g/mol. The predicted octanol–water partition coefficient (Wildman–Crippen LogP) is 1.90. The van der Waals surface area contributed by atoms with Crippen LogP contribution in [-0.2, 0) is 6.42 Å². The van der Waals surface area contributed by atoms with Gasteiger partial charge in [-0.1, -0.05) is 12.1 Å². The number of benzene rings is 1. The molecule has 1 saturated heterocycles. The molecule has 0 saturated carbocycles. The van der Waals surface area contributed by atoms with Crippen molar-refractivity contribution < 1.29 is 4.92 Å². The third-order valence-corrected chi connectivity index (χ3v) is 4.25. The van der Waals surface area contributed by atoms with E-state index in [1.165, 1.54) is 0 Å². The third-order valence-electron chi connectivity index (χ3n) is 3.60. The molecule has 110 valence electrons. The molecular weight excluding hydrogens is 294 g/mol. The van der Waals surface area contributed by atoms with Crippen LogP contribution in [0.5, 0.6) is 0 Å². The smallest absolute Gasteiger partial charge is 0.269 e. The molecule has 0 aromatic heterocycles. The van der Waals surface area contributed by atoms with Gasteiger partial charge >= 0.3 is 0 Å². The number of nitro groups is 1. The quantitative estimate of drug-likeness (QED) is 0.377. The molecule has 1 aliphatic heterocycles. The molecule has 7 heteroatoms. The van der Waals surface area contributed by atoms with Crippen LogP contribution in [0.1, 0.15) is 5.56 Å². The van der Waals surface area contributed by atoms with E-state index in [4.69, 9.17) is 0 Å². The maximum absolute atomic E-state index is 10.6. The fourth-order valence-corrected chi connectivity index (χ4v) is 2.75. The van der Waals surface area contributed by atoms with E-state index in [0.717, 1.165) is 44.7 Å². The van der Waals surface area contributed by atoms with E-state index in [0.29, 0.717) is 0 Å². The third kappa shape index (κ3) is 4.37. The lowest BCUT2D eigenvalue weighted by Gasteiger charge is -2.36. The van der Waals surface area contributed by atoms with E-state index in [-0.39, 0.29) is 15.3 Å². The lowest BCUT2D eigenvalue weighted by Crippen LogP contribution is -2.48. The topological polar surface area (TPSA) is 49.6 Å². The van der Waals surface area contributed by atoms with Gasteiger partial charge in [-0.2, -0.15) is 0 Å². The van der Waals surface area contributed by atoms with Crippen molar-refractivity contribution in [1.82, 2.24) is 9.80 Å². The number of thiol groups is 2. The van der Waals surface area contributed by atoms with Crippen molar-refractivity contribution in [3.05, 3.63) is 39.9 Å². The zero-order valence-corrected chi connectivity index (χ0v) is 13.0. The van der Waals surface area contributed by atoms with Crippen molar-refractivity contribution in [3.8, 4) is 0 Å². The number of hydrogen-bond acceptors (Lipinski definition) is 6. The van der Waals surface area contributed by atoms with E-state index < -0.39 is 0 Å². The van der Waals surface area contributed by atoms with Gasteiger partial charge in [0.15, 0.2) is 0 Å². The summed E-state index contributed by atoms with van der Waals surface area (Å²) in [4.78, 5) is 14.9. The highest BCUT2D eigenvalue weighted by Gasteiger charge is 2.19. The van der Waals surface area contributed by atoms with E-state index in [9.17, 15) is 10.1 Å². The Balaban J connectivity index is 1.77. The molecule has 1 fully saturated rings. The molecule has 1 aromatic rings. The average molecular weight is 313 g/mol. The highest BCUT2D eigenvalue weighted by atomic mass is 32.2. The summed E-state index contributed by atoms with van der Waals surface area (Å²) in [6.07, 6.45) is 0.920. The highest BCUT2D eigenvalue weighted by Crippen LogP contribution is 2.14. The van der Waals surface area contributed by atoms with E-state index in [2.05, 4.69) is 35.1 Å². The van der Waals surface area contributed by atoms with E-state index in [1.807, 2.05) is 12.1 Å². The Hall–Kier alpha value is -0.760. The molecule has 0 spiro atoms. The Labute approximate surface area is 129 Å². The minimum absolute atomic E-state index is 0.0202. The van der Waals surface area contributed by atoms with Gasteiger partial charge in [0.05, 0.1) is 9.63 Å². The summed E-state index contributed by atoms with van der Waals surface area (Å²) < 4.78 is 0.0202. The number of nitro benzene ring substituents is 1. The van der Waals surface area contributed by atoms with Gasteiger partial charge in [0.25, 0.3) is 5.69 Å². The maximum Gasteiger partial charge on any atom is 0.269 e. The van der Waals surface area contributed by atoms with Crippen LogP contribution < -0.4 is 0 Å². The van der Waals surface area contributed by atoms with Crippen LogP contribution in [0.4, 0.5) is 5.69 Å². The summed E-state index contributed by atoms with van der Waals surface area (Å²) in [5, 5.41) is 10.6. The van der Waals surface area contributed by atoms with Crippen LogP contribution in [0, 0.1) is 10.1 Å². The molecule has 1 aliphatic rings. The number of rotatable bonds is 5. The molecule has 0 unspecified atom stereocenters. The van der Waals surface area contributed by atoms with Crippen molar-refractivity contribution >= 4 is 30.9 Å². The molecule has 0 aliphatic carbocycles.